The molecule has 1 aliphatic heterocycles. The quantitative estimate of drug-likeness (QED) is 0.178. The second kappa shape index (κ2) is 14.4. The Hall–Kier alpha value is -3.37. The molecule has 7 heteroatoms. The molecule has 0 bridgehead atoms. The van der Waals surface area contributed by atoms with Crippen LogP contribution in [0, 0.1) is 17.2 Å². The van der Waals surface area contributed by atoms with Crippen LogP contribution in [0.3, 0.4) is 0 Å². The van der Waals surface area contributed by atoms with Gasteiger partial charge in [0.05, 0.1) is 11.6 Å². The molecule has 1 fully saturated rings. The lowest BCUT2D eigenvalue weighted by molar-refractivity contribution is -0.137. The van der Waals surface area contributed by atoms with Crippen molar-refractivity contribution in [3.8, 4) is 6.07 Å². The van der Waals surface area contributed by atoms with Crippen LogP contribution >= 0.6 is 0 Å². The predicted octanol–water partition coefficient (Wildman–Crippen LogP) is 7.02. The average molecular weight is 512 g/mol. The van der Waals surface area contributed by atoms with E-state index < -0.39 is 11.7 Å². The minimum Gasteiger partial charge on any atom is -0.336 e. The summed E-state index contributed by atoms with van der Waals surface area (Å²) in [5, 5.41) is 9.08. The molecule has 1 atom stereocenters. The molecule has 1 unspecified atom stereocenters. The zero-order valence-corrected chi connectivity index (χ0v) is 21.8. The number of piperazine rings is 1. The topological polar surface area (TPSA) is 47.3 Å². The summed E-state index contributed by atoms with van der Waals surface area (Å²) in [7, 11) is 0. The average Bonchev–Trinajstić information content (AvgIpc) is 3.19. The third-order valence-corrected chi connectivity index (χ3v) is 6.25. The maximum Gasteiger partial charge on any atom is 0.416 e. The molecule has 1 heterocycles. The summed E-state index contributed by atoms with van der Waals surface area (Å²) < 4.78 is 39.4. The molecule has 1 aliphatic carbocycles. The van der Waals surface area contributed by atoms with Crippen molar-refractivity contribution in [3.63, 3.8) is 0 Å². The molecule has 198 valence electrons. The number of carbonyl (C=O) groups is 1. The number of nitrogens with zero attached hydrogens (tertiary/aromatic N) is 3. The van der Waals surface area contributed by atoms with Gasteiger partial charge in [-0.2, -0.15) is 18.4 Å². The molecule has 2 aliphatic rings. The fourth-order valence-electron chi connectivity index (χ4n) is 4.48. The second-order valence-corrected chi connectivity index (χ2v) is 8.70. The van der Waals surface area contributed by atoms with Gasteiger partial charge >= 0.3 is 6.18 Å². The highest BCUT2D eigenvalue weighted by Crippen LogP contribution is 2.35. The number of carbonyl (C=O) groups excluding carboxylic acids is 1. The lowest BCUT2D eigenvalue weighted by Gasteiger charge is -2.41. The smallest absolute Gasteiger partial charge is 0.336 e. The summed E-state index contributed by atoms with van der Waals surface area (Å²) in [6.07, 6.45) is 10.7. The van der Waals surface area contributed by atoms with E-state index in [1.807, 2.05) is 19.9 Å². The Kier molecular flexibility index (Phi) is 11.6. The van der Waals surface area contributed by atoms with E-state index in [1.165, 1.54) is 6.08 Å². The van der Waals surface area contributed by atoms with Gasteiger partial charge in [0.2, 0.25) is 0 Å². The molecule has 0 aromatic heterocycles. The van der Waals surface area contributed by atoms with Crippen LogP contribution in [-0.4, -0.2) is 41.9 Å². The number of benzene rings is 1. The molecule has 1 saturated heterocycles. The van der Waals surface area contributed by atoms with E-state index in [0.29, 0.717) is 37.3 Å². The van der Waals surface area contributed by atoms with Crippen molar-refractivity contribution in [1.82, 2.24) is 9.80 Å². The maximum atomic E-state index is 13.1. The van der Waals surface area contributed by atoms with E-state index >= 15 is 0 Å². The standard InChI is InChI=1S/C28H30F3N3O.C2H6/c1-3-8-24(19-21(2)20-32)27(35)34-17-15-33(16-18-34)26(22-9-6-4-5-7-10-22)23-11-13-25(14-12-23)28(29,30)31;1-2/h3,6-14,19,22,26H,1,4-5,15-18H2,2H3;1-2H3/b21-19+,24-8+;. The van der Waals surface area contributed by atoms with Gasteiger partial charge < -0.3 is 4.90 Å². The molecule has 1 aromatic rings. The van der Waals surface area contributed by atoms with Crippen molar-refractivity contribution in [2.75, 3.05) is 26.2 Å². The molecule has 37 heavy (non-hydrogen) atoms. The molecule has 0 saturated carbocycles. The predicted molar refractivity (Wildman–Crippen MR) is 142 cm³/mol. The van der Waals surface area contributed by atoms with E-state index in [2.05, 4.69) is 35.8 Å². The summed E-state index contributed by atoms with van der Waals surface area (Å²) in [6.45, 7) is 11.4. The highest BCUT2D eigenvalue weighted by Gasteiger charge is 2.33. The monoisotopic (exact) mass is 511 g/mol. The van der Waals surface area contributed by atoms with E-state index in [4.69, 9.17) is 5.26 Å². The molecule has 0 N–H and O–H groups in total. The first-order valence-corrected chi connectivity index (χ1v) is 12.7. The summed E-state index contributed by atoms with van der Waals surface area (Å²) in [4.78, 5) is 17.1. The number of alkyl halides is 3. The Morgan fingerprint density at radius 1 is 1.08 bits per heavy atom. The second-order valence-electron chi connectivity index (χ2n) is 8.70. The normalized spacial score (nSPS) is 18.4. The Labute approximate surface area is 218 Å². The zero-order valence-electron chi connectivity index (χ0n) is 21.8. The lowest BCUT2D eigenvalue weighted by atomic mass is 9.89. The van der Waals surface area contributed by atoms with Crippen LogP contribution in [0.4, 0.5) is 13.2 Å². The molecule has 0 spiro atoms. The van der Waals surface area contributed by atoms with E-state index in [1.54, 1.807) is 36.1 Å². The van der Waals surface area contributed by atoms with Crippen molar-refractivity contribution in [3.05, 3.63) is 95.6 Å². The Morgan fingerprint density at radius 3 is 2.14 bits per heavy atom. The van der Waals surface area contributed by atoms with Gasteiger partial charge in [0, 0.05) is 49.3 Å². The number of hydrogen-bond donors (Lipinski definition) is 0. The van der Waals surface area contributed by atoms with Crippen molar-refractivity contribution < 1.29 is 18.0 Å². The van der Waals surface area contributed by atoms with E-state index in [0.717, 1.165) is 30.5 Å². The molecule has 4 nitrogen and oxygen atoms in total. The number of nitriles is 1. The first kappa shape index (κ1) is 29.9. The van der Waals surface area contributed by atoms with Crippen LogP contribution in [0.15, 0.2) is 84.5 Å². The number of halogens is 3. The van der Waals surface area contributed by atoms with Crippen LogP contribution in [-0.2, 0) is 11.0 Å². The van der Waals surface area contributed by atoms with Crippen LogP contribution in [0.2, 0.25) is 0 Å². The van der Waals surface area contributed by atoms with Gasteiger partial charge in [-0.15, -0.1) is 0 Å². The highest BCUT2D eigenvalue weighted by molar-refractivity contribution is 5.96. The molecule has 0 radical (unpaired) electrons. The molecule has 1 aromatic carbocycles. The van der Waals surface area contributed by atoms with Crippen molar-refractivity contribution in [2.24, 2.45) is 5.92 Å². The third kappa shape index (κ3) is 8.33. The lowest BCUT2D eigenvalue weighted by Crippen LogP contribution is -2.50. The SMILES string of the molecule is C=C/C=C(\C=C(/C)C#N)C(=O)N1CCN(C(c2ccc(C(F)(F)F)cc2)C2C=CCCC=C2)CC1.CC. The molecule has 1 amide bonds. The van der Waals surface area contributed by atoms with Crippen LogP contribution in [0.25, 0.3) is 0 Å². The largest absolute Gasteiger partial charge is 0.416 e. The van der Waals surface area contributed by atoms with E-state index in [-0.39, 0.29) is 17.9 Å². The minimum absolute atomic E-state index is 0.0222. The first-order chi connectivity index (χ1) is 17.7. The van der Waals surface area contributed by atoms with Crippen LogP contribution in [0.5, 0.6) is 0 Å². The number of rotatable bonds is 6. The fourth-order valence-corrected chi connectivity index (χ4v) is 4.48. The van der Waals surface area contributed by atoms with Gasteiger partial charge in [-0.05, 0) is 43.5 Å². The summed E-state index contributed by atoms with van der Waals surface area (Å²) >= 11 is 0. The number of allylic oxidation sites excluding steroid dienone is 5. The Morgan fingerprint density at radius 2 is 1.65 bits per heavy atom. The fraction of sp³-hybridized carbons (Fsp3) is 0.400. The molecular formula is C30H36F3N3O. The van der Waals surface area contributed by atoms with Crippen LogP contribution in [0.1, 0.15) is 50.8 Å². The summed E-state index contributed by atoms with van der Waals surface area (Å²) in [5.74, 6) is -0.145. The van der Waals surface area contributed by atoms with Gasteiger partial charge in [0.15, 0.2) is 0 Å². The van der Waals surface area contributed by atoms with Gasteiger partial charge in [-0.1, -0.05) is 69.0 Å². The Bertz CT molecular complexity index is 1050. The van der Waals surface area contributed by atoms with Crippen molar-refractivity contribution in [1.29, 1.82) is 5.26 Å². The van der Waals surface area contributed by atoms with Gasteiger partial charge in [-0.3, -0.25) is 9.69 Å². The van der Waals surface area contributed by atoms with Crippen molar-refractivity contribution >= 4 is 5.91 Å². The molecule has 3 rings (SSSR count). The zero-order chi connectivity index (χ0) is 27.4. The van der Waals surface area contributed by atoms with Gasteiger partial charge in [0.1, 0.15) is 0 Å². The summed E-state index contributed by atoms with van der Waals surface area (Å²) in [6, 6.07) is 7.31. The maximum absolute atomic E-state index is 13.1. The van der Waals surface area contributed by atoms with Gasteiger partial charge in [-0.25, -0.2) is 0 Å². The van der Waals surface area contributed by atoms with Crippen molar-refractivity contribution in [2.45, 2.75) is 45.8 Å². The highest BCUT2D eigenvalue weighted by atomic mass is 19.4. The van der Waals surface area contributed by atoms with E-state index in [9.17, 15) is 18.0 Å². The van der Waals surface area contributed by atoms with Crippen LogP contribution < -0.4 is 0 Å². The first-order valence-electron chi connectivity index (χ1n) is 12.7. The van der Waals surface area contributed by atoms with Gasteiger partial charge in [0.25, 0.3) is 5.91 Å². The number of hydrogen-bond acceptors (Lipinski definition) is 3. The minimum atomic E-state index is -4.38. The molecular weight excluding hydrogens is 475 g/mol. The third-order valence-electron chi connectivity index (χ3n) is 6.25. The Balaban J connectivity index is 0.00000235. The number of amides is 1. The summed E-state index contributed by atoms with van der Waals surface area (Å²) in [5.41, 5.74) is 0.990.